The Balaban J connectivity index is 0.984. The van der Waals surface area contributed by atoms with Crippen LogP contribution < -0.4 is 26.2 Å². The maximum Gasteiger partial charge on any atom is 0.252 e. The van der Waals surface area contributed by atoms with Crippen LogP contribution in [0.2, 0.25) is 0 Å². The van der Waals surface area contributed by atoms with E-state index in [0.717, 1.165) is 28.4 Å². The standard InChI is InChI=1S/C79H50BN3/c1-4-20-51(21-5-1)54-36-41-57(42-37-54)81-74-45-40-56(53-24-8-3-9-25-53)46-70(74)80-71-50-69-65(62-28-12-17-33-68(62)79(69)66-31-15-10-26-60(66)61-27-11-16-32-67(61)79)49-75(71)82(58-43-38-55(39-44-58)52-22-6-2-7-23-52)77-48-59(47-76(81)78(77)80)83-72-34-18-13-29-63(72)64-30-14-19-35-73(64)83/h1-50H. The van der Waals surface area contributed by atoms with Crippen LogP contribution in [0.1, 0.15) is 22.3 Å². The normalized spacial score (nSPS) is 13.6. The minimum atomic E-state index is -0.532. The van der Waals surface area contributed by atoms with Crippen LogP contribution in [0.4, 0.5) is 34.1 Å². The Bertz CT molecular complexity index is 4870. The molecule has 0 atom stereocenters. The highest BCUT2D eigenvalue weighted by Gasteiger charge is 2.53. The number of fused-ring (bicyclic) bond motifs is 17. The van der Waals surface area contributed by atoms with Gasteiger partial charge in [0, 0.05) is 44.9 Å². The number of rotatable bonds is 6. The lowest BCUT2D eigenvalue weighted by Gasteiger charge is -2.45. The van der Waals surface area contributed by atoms with Gasteiger partial charge < -0.3 is 14.4 Å². The van der Waals surface area contributed by atoms with E-state index in [1.807, 2.05) is 0 Å². The van der Waals surface area contributed by atoms with E-state index in [1.54, 1.807) is 0 Å². The topological polar surface area (TPSA) is 11.4 Å². The highest BCUT2D eigenvalue weighted by Crippen LogP contribution is 2.63. The van der Waals surface area contributed by atoms with Gasteiger partial charge in [-0.05, 0) is 155 Å². The molecule has 0 saturated carbocycles. The van der Waals surface area contributed by atoms with Crippen molar-refractivity contribution in [3.63, 3.8) is 0 Å². The van der Waals surface area contributed by atoms with Crippen LogP contribution in [0, 0.1) is 0 Å². The number of aromatic nitrogens is 1. The van der Waals surface area contributed by atoms with Gasteiger partial charge in [0.1, 0.15) is 0 Å². The molecule has 2 aliphatic carbocycles. The Morgan fingerprint density at radius 3 is 1.17 bits per heavy atom. The molecule has 4 heteroatoms. The summed E-state index contributed by atoms with van der Waals surface area (Å²) < 4.78 is 2.50. The quantitative estimate of drug-likeness (QED) is 0.154. The SMILES string of the molecule is c1ccc(-c2ccc(N3c4ccc(-c5ccccc5)cc4B4c5cc6c(cc5N(c5ccc(-c7ccccc7)cc5)c5cc(-n7c8ccccc8c8ccccc87)cc3c54)-c3ccccc3C63c4ccccc4-c4ccccc43)cc2)cc1. The van der Waals surface area contributed by atoms with Crippen molar-refractivity contribution in [3.8, 4) is 61.3 Å². The number of anilines is 6. The highest BCUT2D eigenvalue weighted by molar-refractivity contribution is 7.00. The van der Waals surface area contributed by atoms with E-state index in [1.165, 1.54) is 127 Å². The molecule has 14 aromatic rings. The molecular weight excluding hydrogens is 1000 g/mol. The van der Waals surface area contributed by atoms with Crippen molar-refractivity contribution >= 4 is 79.0 Å². The highest BCUT2D eigenvalue weighted by atomic mass is 15.2. The van der Waals surface area contributed by atoms with Crippen molar-refractivity contribution in [1.29, 1.82) is 0 Å². The molecular formula is C79H50BN3. The summed E-state index contributed by atoms with van der Waals surface area (Å²) >= 11 is 0. The summed E-state index contributed by atoms with van der Waals surface area (Å²) in [7, 11) is 0. The largest absolute Gasteiger partial charge is 0.311 e. The summed E-state index contributed by atoms with van der Waals surface area (Å²) in [5.74, 6) is 0. The van der Waals surface area contributed by atoms with Crippen LogP contribution in [-0.4, -0.2) is 11.3 Å². The van der Waals surface area contributed by atoms with E-state index in [4.69, 9.17) is 0 Å². The predicted molar refractivity (Wildman–Crippen MR) is 347 cm³/mol. The maximum absolute atomic E-state index is 2.66. The van der Waals surface area contributed by atoms with Crippen LogP contribution >= 0.6 is 0 Å². The molecule has 13 aromatic carbocycles. The zero-order valence-electron chi connectivity index (χ0n) is 45.3. The van der Waals surface area contributed by atoms with Gasteiger partial charge in [-0.15, -0.1) is 0 Å². The van der Waals surface area contributed by atoms with Crippen LogP contribution in [0.5, 0.6) is 0 Å². The van der Waals surface area contributed by atoms with Crippen molar-refractivity contribution in [3.05, 3.63) is 326 Å². The van der Waals surface area contributed by atoms with Gasteiger partial charge in [0.2, 0.25) is 0 Å². The second kappa shape index (κ2) is 17.7. The molecule has 2 aliphatic heterocycles. The molecule has 4 aliphatic rings. The molecule has 1 spiro atoms. The number of hydrogen-bond acceptors (Lipinski definition) is 2. The van der Waals surface area contributed by atoms with Crippen LogP contribution in [0.25, 0.3) is 83.1 Å². The second-order valence-electron chi connectivity index (χ2n) is 22.7. The summed E-state index contributed by atoms with van der Waals surface area (Å²) in [6.07, 6.45) is 0. The fraction of sp³-hybridized carbons (Fsp3) is 0.0127. The molecule has 0 saturated heterocycles. The van der Waals surface area contributed by atoms with Crippen molar-refractivity contribution in [1.82, 2.24) is 4.57 Å². The number of hydrogen-bond donors (Lipinski definition) is 0. The molecule has 0 unspecified atom stereocenters. The van der Waals surface area contributed by atoms with E-state index in [9.17, 15) is 0 Å². The lowest BCUT2D eigenvalue weighted by Crippen LogP contribution is -2.61. The van der Waals surface area contributed by atoms with E-state index in [-0.39, 0.29) is 6.71 Å². The zero-order valence-corrected chi connectivity index (χ0v) is 45.3. The van der Waals surface area contributed by atoms with Gasteiger partial charge in [0.05, 0.1) is 22.1 Å². The second-order valence-corrected chi connectivity index (χ2v) is 22.7. The molecule has 0 amide bonds. The van der Waals surface area contributed by atoms with Gasteiger partial charge >= 0.3 is 0 Å². The third-order valence-corrected chi connectivity index (χ3v) is 18.6. The fourth-order valence-corrected chi connectivity index (χ4v) is 15.1. The summed E-state index contributed by atoms with van der Waals surface area (Å²) in [6, 6.07) is 114. The predicted octanol–water partition coefficient (Wildman–Crippen LogP) is 18.2. The van der Waals surface area contributed by atoms with Gasteiger partial charge in [-0.25, -0.2) is 0 Å². The Kier molecular flexibility index (Phi) is 9.81. The lowest BCUT2D eigenvalue weighted by atomic mass is 9.33. The first kappa shape index (κ1) is 46.1. The monoisotopic (exact) mass is 1050 g/mol. The molecule has 384 valence electrons. The molecule has 0 bridgehead atoms. The summed E-state index contributed by atoms with van der Waals surface area (Å²) in [4.78, 5) is 5.19. The third-order valence-electron chi connectivity index (χ3n) is 18.6. The zero-order chi connectivity index (χ0) is 54.3. The van der Waals surface area contributed by atoms with E-state index >= 15 is 0 Å². The van der Waals surface area contributed by atoms with E-state index in [0.29, 0.717) is 0 Å². The molecule has 0 fully saturated rings. The lowest BCUT2D eigenvalue weighted by molar-refractivity contribution is 0.794. The van der Waals surface area contributed by atoms with Gasteiger partial charge in [0.15, 0.2) is 0 Å². The fourth-order valence-electron chi connectivity index (χ4n) is 15.1. The van der Waals surface area contributed by atoms with Crippen molar-refractivity contribution < 1.29 is 0 Å². The minimum Gasteiger partial charge on any atom is -0.311 e. The third kappa shape index (κ3) is 6.52. The summed E-state index contributed by atoms with van der Waals surface area (Å²) in [5, 5.41) is 2.47. The number of para-hydroxylation sites is 2. The Labute approximate surface area is 483 Å². The van der Waals surface area contributed by atoms with Crippen molar-refractivity contribution in [2.24, 2.45) is 0 Å². The molecule has 0 N–H and O–H groups in total. The van der Waals surface area contributed by atoms with Crippen LogP contribution in [-0.2, 0) is 5.41 Å². The first-order chi connectivity index (χ1) is 41.2. The van der Waals surface area contributed by atoms with E-state index < -0.39 is 5.41 Å². The number of benzene rings is 13. The minimum absolute atomic E-state index is 0.168. The molecule has 0 radical (unpaired) electrons. The molecule has 1 aromatic heterocycles. The Morgan fingerprint density at radius 1 is 0.253 bits per heavy atom. The average molecular weight is 1050 g/mol. The first-order valence-electron chi connectivity index (χ1n) is 28.9. The molecule has 3 heterocycles. The average Bonchev–Trinajstić information content (AvgIpc) is 1.66. The van der Waals surface area contributed by atoms with Gasteiger partial charge in [-0.3, -0.25) is 0 Å². The molecule has 3 nitrogen and oxygen atoms in total. The van der Waals surface area contributed by atoms with Crippen molar-refractivity contribution in [2.75, 3.05) is 9.80 Å². The van der Waals surface area contributed by atoms with Crippen molar-refractivity contribution in [2.45, 2.75) is 5.41 Å². The number of nitrogens with zero attached hydrogens (tertiary/aromatic N) is 3. The van der Waals surface area contributed by atoms with Crippen LogP contribution in [0.15, 0.2) is 303 Å². The summed E-state index contributed by atoms with van der Waals surface area (Å²) in [6.45, 7) is -0.168. The van der Waals surface area contributed by atoms with Gasteiger partial charge in [0.25, 0.3) is 6.71 Å². The smallest absolute Gasteiger partial charge is 0.252 e. The van der Waals surface area contributed by atoms with Crippen LogP contribution in [0.3, 0.4) is 0 Å². The Morgan fingerprint density at radius 2 is 0.651 bits per heavy atom. The summed E-state index contributed by atoms with van der Waals surface area (Å²) in [5.41, 5.74) is 31.3. The molecule has 83 heavy (non-hydrogen) atoms. The Hall–Kier alpha value is -10.7. The maximum atomic E-state index is 2.66. The first-order valence-corrected chi connectivity index (χ1v) is 28.9. The van der Waals surface area contributed by atoms with Gasteiger partial charge in [-0.1, -0.05) is 243 Å². The van der Waals surface area contributed by atoms with E-state index in [2.05, 4.69) is 318 Å². The molecule has 18 rings (SSSR count). The van der Waals surface area contributed by atoms with Gasteiger partial charge in [-0.2, -0.15) is 0 Å².